The molecule has 19 heavy (non-hydrogen) atoms. The summed E-state index contributed by atoms with van der Waals surface area (Å²) < 4.78 is 1.77. The summed E-state index contributed by atoms with van der Waals surface area (Å²) in [6.45, 7) is 0. The van der Waals surface area contributed by atoms with Gasteiger partial charge in [-0.2, -0.15) is 5.10 Å². The van der Waals surface area contributed by atoms with Gasteiger partial charge in [0.05, 0.1) is 5.69 Å². The molecule has 3 nitrogen and oxygen atoms in total. The largest absolute Gasteiger partial charge is 0.384 e. The van der Waals surface area contributed by atoms with Crippen molar-refractivity contribution in [2.45, 2.75) is 6.10 Å². The lowest BCUT2D eigenvalue weighted by Crippen LogP contribution is -2.06. The maximum Gasteiger partial charge on any atom is 0.106 e. The van der Waals surface area contributed by atoms with E-state index in [4.69, 9.17) is 0 Å². The fourth-order valence-corrected chi connectivity index (χ4v) is 2.15. The van der Waals surface area contributed by atoms with E-state index in [9.17, 15) is 5.11 Å². The Kier molecular flexibility index (Phi) is 3.12. The first-order chi connectivity index (χ1) is 9.36. The van der Waals surface area contributed by atoms with Crippen LogP contribution in [0.3, 0.4) is 0 Å². The second kappa shape index (κ2) is 5.08. The van der Waals surface area contributed by atoms with E-state index in [1.165, 1.54) is 0 Å². The van der Waals surface area contributed by atoms with Crippen LogP contribution in [0.2, 0.25) is 0 Å². The maximum atomic E-state index is 10.5. The van der Waals surface area contributed by atoms with Crippen LogP contribution in [0.4, 0.5) is 0 Å². The van der Waals surface area contributed by atoms with Gasteiger partial charge in [-0.1, -0.05) is 48.5 Å². The molecule has 3 heteroatoms. The molecule has 1 aromatic heterocycles. The van der Waals surface area contributed by atoms with E-state index >= 15 is 0 Å². The molecule has 3 aromatic rings. The highest BCUT2D eigenvalue weighted by molar-refractivity contribution is 5.45. The lowest BCUT2D eigenvalue weighted by atomic mass is 10.00. The van der Waals surface area contributed by atoms with Crippen LogP contribution in [-0.4, -0.2) is 14.9 Å². The molecule has 3 rings (SSSR count). The SMILES string of the molecule is OC(c1ccccc1)c1ccccc1-n1cccn1. The van der Waals surface area contributed by atoms with Crippen LogP contribution >= 0.6 is 0 Å². The Morgan fingerprint density at radius 3 is 2.37 bits per heavy atom. The zero-order valence-electron chi connectivity index (χ0n) is 10.3. The van der Waals surface area contributed by atoms with Gasteiger partial charge in [0.1, 0.15) is 6.10 Å². The molecule has 1 atom stereocenters. The summed E-state index contributed by atoms with van der Waals surface area (Å²) in [5.41, 5.74) is 2.61. The number of aromatic nitrogens is 2. The van der Waals surface area contributed by atoms with Gasteiger partial charge in [-0.3, -0.25) is 0 Å². The van der Waals surface area contributed by atoms with Crippen LogP contribution in [0.5, 0.6) is 0 Å². The molecule has 0 radical (unpaired) electrons. The molecule has 0 bridgehead atoms. The van der Waals surface area contributed by atoms with Crippen LogP contribution in [0.1, 0.15) is 17.2 Å². The smallest absolute Gasteiger partial charge is 0.106 e. The second-order valence-corrected chi connectivity index (χ2v) is 4.32. The lowest BCUT2D eigenvalue weighted by Gasteiger charge is -2.15. The first-order valence-corrected chi connectivity index (χ1v) is 6.18. The summed E-state index contributed by atoms with van der Waals surface area (Å²) in [5.74, 6) is 0. The van der Waals surface area contributed by atoms with Gasteiger partial charge >= 0.3 is 0 Å². The Morgan fingerprint density at radius 1 is 0.895 bits per heavy atom. The van der Waals surface area contributed by atoms with E-state index in [1.807, 2.05) is 66.9 Å². The molecule has 1 heterocycles. The number of hydrogen-bond acceptors (Lipinski definition) is 2. The normalized spacial score (nSPS) is 12.3. The molecular weight excluding hydrogens is 236 g/mol. The van der Waals surface area contributed by atoms with Crippen molar-refractivity contribution < 1.29 is 5.11 Å². The van der Waals surface area contributed by atoms with E-state index in [-0.39, 0.29) is 0 Å². The third-order valence-corrected chi connectivity index (χ3v) is 3.10. The van der Waals surface area contributed by atoms with E-state index < -0.39 is 6.10 Å². The molecule has 0 aliphatic heterocycles. The van der Waals surface area contributed by atoms with Gasteiger partial charge < -0.3 is 5.11 Å². The Hall–Kier alpha value is -2.39. The van der Waals surface area contributed by atoms with Gasteiger partial charge in [0.2, 0.25) is 0 Å². The number of aliphatic hydroxyl groups is 1. The molecule has 2 aromatic carbocycles. The maximum absolute atomic E-state index is 10.5. The highest BCUT2D eigenvalue weighted by Gasteiger charge is 2.14. The third kappa shape index (κ3) is 2.28. The Morgan fingerprint density at radius 2 is 1.63 bits per heavy atom. The predicted molar refractivity (Wildman–Crippen MR) is 74.1 cm³/mol. The van der Waals surface area contributed by atoms with Gasteiger partial charge in [-0.15, -0.1) is 0 Å². The number of aliphatic hydroxyl groups excluding tert-OH is 1. The molecule has 0 aliphatic carbocycles. The highest BCUT2D eigenvalue weighted by atomic mass is 16.3. The fraction of sp³-hybridized carbons (Fsp3) is 0.0625. The predicted octanol–water partition coefficient (Wildman–Crippen LogP) is 2.95. The van der Waals surface area contributed by atoms with Crippen molar-refractivity contribution in [3.63, 3.8) is 0 Å². The van der Waals surface area contributed by atoms with E-state index in [0.29, 0.717) is 0 Å². The van der Waals surface area contributed by atoms with Crippen LogP contribution in [-0.2, 0) is 0 Å². The number of nitrogens with zero attached hydrogens (tertiary/aromatic N) is 2. The first kappa shape index (κ1) is 11.7. The van der Waals surface area contributed by atoms with Gasteiger partial charge in [0, 0.05) is 18.0 Å². The molecule has 0 fully saturated rings. The van der Waals surface area contributed by atoms with Gasteiger partial charge in [0.15, 0.2) is 0 Å². The van der Waals surface area contributed by atoms with E-state index in [1.54, 1.807) is 10.9 Å². The van der Waals surface area contributed by atoms with Crippen molar-refractivity contribution >= 4 is 0 Å². The zero-order valence-corrected chi connectivity index (χ0v) is 10.3. The molecule has 1 unspecified atom stereocenters. The number of rotatable bonds is 3. The Labute approximate surface area is 111 Å². The van der Waals surface area contributed by atoms with Crippen molar-refractivity contribution in [3.8, 4) is 5.69 Å². The summed E-state index contributed by atoms with van der Waals surface area (Å²) in [7, 11) is 0. The molecule has 0 spiro atoms. The number of hydrogen-bond donors (Lipinski definition) is 1. The van der Waals surface area contributed by atoms with Crippen LogP contribution in [0, 0.1) is 0 Å². The topological polar surface area (TPSA) is 38.0 Å². The van der Waals surface area contributed by atoms with Crippen LogP contribution < -0.4 is 0 Å². The average molecular weight is 250 g/mol. The third-order valence-electron chi connectivity index (χ3n) is 3.10. The van der Waals surface area contributed by atoms with Crippen molar-refractivity contribution in [1.29, 1.82) is 0 Å². The van der Waals surface area contributed by atoms with E-state index in [2.05, 4.69) is 5.10 Å². The van der Waals surface area contributed by atoms with Crippen molar-refractivity contribution in [1.82, 2.24) is 9.78 Å². The molecule has 94 valence electrons. The summed E-state index contributed by atoms with van der Waals surface area (Å²) in [6, 6.07) is 19.2. The second-order valence-electron chi connectivity index (χ2n) is 4.32. The Balaban J connectivity index is 2.06. The summed E-state index contributed by atoms with van der Waals surface area (Å²) >= 11 is 0. The summed E-state index contributed by atoms with van der Waals surface area (Å²) in [5, 5.41) is 14.8. The van der Waals surface area contributed by atoms with Crippen LogP contribution in [0.15, 0.2) is 73.1 Å². The number of benzene rings is 2. The van der Waals surface area contributed by atoms with Crippen molar-refractivity contribution in [3.05, 3.63) is 84.2 Å². The Bertz CT molecular complexity index is 648. The highest BCUT2D eigenvalue weighted by Crippen LogP contribution is 2.26. The minimum Gasteiger partial charge on any atom is -0.384 e. The number of para-hydroxylation sites is 1. The van der Waals surface area contributed by atoms with Crippen molar-refractivity contribution in [2.24, 2.45) is 0 Å². The molecule has 0 saturated carbocycles. The molecule has 1 N–H and O–H groups in total. The molecule has 0 aliphatic rings. The molecular formula is C16H14N2O. The van der Waals surface area contributed by atoms with Gasteiger partial charge in [-0.05, 0) is 17.7 Å². The average Bonchev–Trinajstić information content (AvgIpc) is 3.01. The molecule has 0 saturated heterocycles. The van der Waals surface area contributed by atoms with E-state index in [0.717, 1.165) is 16.8 Å². The van der Waals surface area contributed by atoms with Crippen LogP contribution in [0.25, 0.3) is 5.69 Å². The summed E-state index contributed by atoms with van der Waals surface area (Å²) in [4.78, 5) is 0. The standard InChI is InChI=1S/C16H14N2O/c19-16(13-7-2-1-3-8-13)14-9-4-5-10-15(14)18-12-6-11-17-18/h1-12,16,19H. The monoisotopic (exact) mass is 250 g/mol. The first-order valence-electron chi connectivity index (χ1n) is 6.18. The van der Waals surface area contributed by atoms with Gasteiger partial charge in [0.25, 0.3) is 0 Å². The zero-order chi connectivity index (χ0) is 13.1. The molecule has 0 amide bonds. The summed E-state index contributed by atoms with van der Waals surface area (Å²) in [6.07, 6.45) is 2.95. The van der Waals surface area contributed by atoms with Crippen molar-refractivity contribution in [2.75, 3.05) is 0 Å². The minimum atomic E-state index is -0.651. The quantitative estimate of drug-likeness (QED) is 0.776. The fourth-order valence-electron chi connectivity index (χ4n) is 2.15. The minimum absolute atomic E-state index is 0.651. The lowest BCUT2D eigenvalue weighted by molar-refractivity contribution is 0.220. The van der Waals surface area contributed by atoms with Gasteiger partial charge in [-0.25, -0.2) is 4.68 Å².